The van der Waals surface area contributed by atoms with Gasteiger partial charge in [0.2, 0.25) is 0 Å². The molecule has 23 heavy (non-hydrogen) atoms. The fraction of sp³-hybridized carbons (Fsp3) is 0.0625. The van der Waals surface area contributed by atoms with Crippen LogP contribution in [0.1, 0.15) is 0 Å². The quantitative estimate of drug-likeness (QED) is 0.732. The van der Waals surface area contributed by atoms with Crippen LogP contribution in [0.15, 0.2) is 70.2 Å². The molecule has 2 aromatic heterocycles. The third kappa shape index (κ3) is 3.45. The largest absolute Gasteiger partial charge is 0.573 e. The number of pyridine rings is 1. The molecule has 0 aliphatic heterocycles. The molecule has 7 heteroatoms. The van der Waals surface area contributed by atoms with Crippen LogP contribution >= 0.6 is 0 Å². The van der Waals surface area contributed by atoms with Crippen LogP contribution in [0.3, 0.4) is 0 Å². The molecule has 2 heterocycles. The number of halogens is 3. The van der Waals surface area contributed by atoms with Crippen molar-refractivity contribution in [3.8, 4) is 22.8 Å². The average molecular weight is 321 g/mol. The Labute approximate surface area is 128 Å². The van der Waals surface area contributed by atoms with E-state index in [-0.39, 0.29) is 11.3 Å². The summed E-state index contributed by atoms with van der Waals surface area (Å²) < 4.78 is 46.8. The second-order valence-electron chi connectivity index (χ2n) is 4.65. The summed E-state index contributed by atoms with van der Waals surface area (Å²) in [4.78, 5) is 12.0. The number of nitrogens with zero attached hydrogens (tertiary/aromatic N) is 1. The maximum Gasteiger partial charge on any atom is 0.573 e. The van der Waals surface area contributed by atoms with Gasteiger partial charge in [-0.1, -0.05) is 0 Å². The van der Waals surface area contributed by atoms with Gasteiger partial charge in [0.1, 0.15) is 11.5 Å². The number of benzene rings is 1. The Hall–Kier alpha value is -2.96. The number of aromatic nitrogens is 1. The van der Waals surface area contributed by atoms with E-state index in [9.17, 15) is 18.0 Å². The van der Waals surface area contributed by atoms with Gasteiger partial charge in [0.05, 0.1) is 6.26 Å². The standard InChI is InChI=1S/C16H10F3NO3/c17-16(18,19)23-13-6-4-12(5-7-13)20-10-11(3-8-15(20)21)14-2-1-9-22-14/h1-10H. The van der Waals surface area contributed by atoms with Crippen LogP contribution in [0.2, 0.25) is 0 Å². The van der Waals surface area contributed by atoms with E-state index in [1.54, 1.807) is 24.4 Å². The Kier molecular flexibility index (Phi) is 3.69. The van der Waals surface area contributed by atoms with E-state index >= 15 is 0 Å². The fourth-order valence-corrected chi connectivity index (χ4v) is 2.09. The highest BCUT2D eigenvalue weighted by atomic mass is 19.4. The third-order valence-corrected chi connectivity index (χ3v) is 3.07. The van der Waals surface area contributed by atoms with E-state index in [1.165, 1.54) is 29.0 Å². The summed E-state index contributed by atoms with van der Waals surface area (Å²) in [5, 5.41) is 0. The molecular formula is C16H10F3NO3. The summed E-state index contributed by atoms with van der Waals surface area (Å²) in [6.07, 6.45) is -1.69. The molecule has 0 amide bonds. The third-order valence-electron chi connectivity index (χ3n) is 3.07. The molecule has 1 aromatic carbocycles. The average Bonchev–Trinajstić information content (AvgIpc) is 3.01. The number of furan rings is 1. The summed E-state index contributed by atoms with van der Waals surface area (Å²) in [6.45, 7) is 0. The van der Waals surface area contributed by atoms with Gasteiger partial charge >= 0.3 is 6.36 Å². The van der Waals surface area contributed by atoms with E-state index < -0.39 is 6.36 Å². The molecule has 0 radical (unpaired) electrons. The maximum absolute atomic E-state index is 12.2. The monoisotopic (exact) mass is 321 g/mol. The van der Waals surface area contributed by atoms with Crippen molar-refractivity contribution in [1.82, 2.24) is 4.57 Å². The highest BCUT2D eigenvalue weighted by Gasteiger charge is 2.30. The van der Waals surface area contributed by atoms with Crippen molar-refractivity contribution in [2.45, 2.75) is 6.36 Å². The maximum atomic E-state index is 12.2. The van der Waals surface area contributed by atoms with Gasteiger partial charge in [0, 0.05) is 23.5 Å². The molecule has 0 atom stereocenters. The van der Waals surface area contributed by atoms with Gasteiger partial charge in [-0.2, -0.15) is 0 Å². The molecule has 0 fully saturated rings. The number of hydrogen-bond donors (Lipinski definition) is 0. The van der Waals surface area contributed by atoms with E-state index in [0.29, 0.717) is 17.0 Å². The molecule has 3 rings (SSSR count). The van der Waals surface area contributed by atoms with Gasteiger partial charge in [-0.05, 0) is 42.5 Å². The molecule has 0 bridgehead atoms. The Morgan fingerprint density at radius 3 is 2.35 bits per heavy atom. The minimum absolute atomic E-state index is 0.315. The van der Waals surface area contributed by atoms with Gasteiger partial charge in [-0.3, -0.25) is 9.36 Å². The van der Waals surface area contributed by atoms with Gasteiger partial charge in [0.25, 0.3) is 5.56 Å². The topological polar surface area (TPSA) is 44.4 Å². The van der Waals surface area contributed by atoms with E-state index in [0.717, 1.165) is 12.1 Å². The molecule has 0 spiro atoms. The highest BCUT2D eigenvalue weighted by molar-refractivity contribution is 5.56. The minimum atomic E-state index is -4.75. The molecule has 4 nitrogen and oxygen atoms in total. The predicted molar refractivity (Wildman–Crippen MR) is 76.4 cm³/mol. The molecule has 0 aliphatic carbocycles. The van der Waals surface area contributed by atoms with Crippen LogP contribution in [-0.2, 0) is 0 Å². The molecule has 0 saturated heterocycles. The molecule has 3 aromatic rings. The predicted octanol–water partition coefficient (Wildman–Crippen LogP) is 4.00. The fourth-order valence-electron chi connectivity index (χ4n) is 2.09. The lowest BCUT2D eigenvalue weighted by molar-refractivity contribution is -0.274. The van der Waals surface area contributed by atoms with Gasteiger partial charge in [0.15, 0.2) is 0 Å². The molecule has 0 saturated carbocycles. The summed E-state index contributed by atoms with van der Waals surface area (Å²) in [5.74, 6) is 0.229. The van der Waals surface area contributed by atoms with Crippen LogP contribution < -0.4 is 10.3 Å². The zero-order valence-electron chi connectivity index (χ0n) is 11.6. The first-order valence-electron chi connectivity index (χ1n) is 6.55. The van der Waals surface area contributed by atoms with Crippen LogP contribution in [0.25, 0.3) is 17.0 Å². The molecular weight excluding hydrogens is 311 g/mol. The van der Waals surface area contributed by atoms with Crippen molar-refractivity contribution in [1.29, 1.82) is 0 Å². The van der Waals surface area contributed by atoms with E-state index in [1.807, 2.05) is 0 Å². The SMILES string of the molecule is O=c1ccc(-c2ccco2)cn1-c1ccc(OC(F)(F)F)cc1. The molecule has 0 N–H and O–H groups in total. The van der Waals surface area contributed by atoms with Gasteiger partial charge in [-0.15, -0.1) is 13.2 Å². The lowest BCUT2D eigenvalue weighted by atomic mass is 10.2. The first kappa shape index (κ1) is 15.0. The molecule has 118 valence electrons. The number of rotatable bonds is 3. The van der Waals surface area contributed by atoms with E-state index in [4.69, 9.17) is 4.42 Å². The van der Waals surface area contributed by atoms with Crippen molar-refractivity contribution in [2.24, 2.45) is 0 Å². The van der Waals surface area contributed by atoms with Crippen molar-refractivity contribution in [3.63, 3.8) is 0 Å². The Morgan fingerprint density at radius 1 is 1.00 bits per heavy atom. The van der Waals surface area contributed by atoms with Crippen molar-refractivity contribution in [2.75, 3.05) is 0 Å². The van der Waals surface area contributed by atoms with Gasteiger partial charge < -0.3 is 9.15 Å². The summed E-state index contributed by atoms with van der Waals surface area (Å²) in [7, 11) is 0. The number of alkyl halides is 3. The van der Waals surface area contributed by atoms with Crippen LogP contribution in [0.4, 0.5) is 13.2 Å². The first-order chi connectivity index (χ1) is 10.9. The van der Waals surface area contributed by atoms with Crippen LogP contribution in [0, 0.1) is 0 Å². The summed E-state index contributed by atoms with van der Waals surface area (Å²) in [5.41, 5.74) is 0.771. The lowest BCUT2D eigenvalue weighted by Crippen LogP contribution is -2.18. The van der Waals surface area contributed by atoms with Crippen molar-refractivity contribution >= 4 is 0 Å². The normalized spacial score (nSPS) is 11.4. The van der Waals surface area contributed by atoms with Crippen molar-refractivity contribution < 1.29 is 22.3 Å². The Bertz CT molecular complexity index is 850. The molecule has 0 aliphatic rings. The smallest absolute Gasteiger partial charge is 0.464 e. The van der Waals surface area contributed by atoms with Crippen LogP contribution in [0.5, 0.6) is 5.75 Å². The zero-order valence-corrected chi connectivity index (χ0v) is 11.6. The van der Waals surface area contributed by atoms with Crippen LogP contribution in [-0.4, -0.2) is 10.9 Å². The Morgan fingerprint density at radius 2 is 1.74 bits per heavy atom. The Balaban J connectivity index is 1.95. The van der Waals surface area contributed by atoms with E-state index in [2.05, 4.69) is 4.74 Å². The van der Waals surface area contributed by atoms with Gasteiger partial charge in [-0.25, -0.2) is 0 Å². The zero-order chi connectivity index (χ0) is 16.4. The number of ether oxygens (including phenoxy) is 1. The summed E-state index contributed by atoms with van der Waals surface area (Å²) in [6, 6.07) is 11.5. The summed E-state index contributed by atoms with van der Waals surface area (Å²) >= 11 is 0. The minimum Gasteiger partial charge on any atom is -0.464 e. The first-order valence-corrected chi connectivity index (χ1v) is 6.55. The second kappa shape index (κ2) is 5.68. The van der Waals surface area contributed by atoms with Crippen molar-refractivity contribution in [3.05, 3.63) is 71.3 Å². The molecule has 0 unspecified atom stereocenters. The lowest BCUT2D eigenvalue weighted by Gasteiger charge is -2.11. The highest BCUT2D eigenvalue weighted by Crippen LogP contribution is 2.24. The number of hydrogen-bond acceptors (Lipinski definition) is 3. The second-order valence-corrected chi connectivity index (χ2v) is 4.65.